The van der Waals surface area contributed by atoms with Gasteiger partial charge in [-0.05, 0) is 26.2 Å². The van der Waals surface area contributed by atoms with E-state index in [1.807, 2.05) is 13.8 Å². The average Bonchev–Trinajstić information content (AvgIpc) is 2.00. The van der Waals surface area contributed by atoms with Gasteiger partial charge in [-0.1, -0.05) is 6.92 Å². The molecule has 1 fully saturated rings. The molecule has 1 rings (SSSR count). The van der Waals surface area contributed by atoms with Gasteiger partial charge in [0.15, 0.2) is 0 Å². The average molecular weight is 186 g/mol. The van der Waals surface area contributed by atoms with E-state index in [0.29, 0.717) is 12.3 Å². The number of rotatable bonds is 2. The lowest BCUT2D eigenvalue weighted by Gasteiger charge is -2.37. The molecule has 1 aliphatic heterocycles. The second-order valence-corrected chi connectivity index (χ2v) is 4.52. The summed E-state index contributed by atoms with van der Waals surface area (Å²) in [5, 5.41) is 8.76. The molecule has 0 spiro atoms. The number of cyclic esters (lactones) is 1. The molecule has 3 heteroatoms. The Morgan fingerprint density at radius 3 is 2.77 bits per heavy atom. The molecule has 2 atom stereocenters. The molecule has 0 aromatic carbocycles. The molecule has 0 saturated carbocycles. The fourth-order valence-electron chi connectivity index (χ4n) is 1.90. The summed E-state index contributed by atoms with van der Waals surface area (Å²) >= 11 is 0. The van der Waals surface area contributed by atoms with Crippen LogP contribution in [-0.2, 0) is 9.53 Å². The quantitative estimate of drug-likeness (QED) is 0.662. The van der Waals surface area contributed by atoms with Gasteiger partial charge in [0.2, 0.25) is 0 Å². The van der Waals surface area contributed by atoms with Crippen LogP contribution in [0.3, 0.4) is 0 Å². The van der Waals surface area contributed by atoms with E-state index in [4.69, 9.17) is 9.84 Å². The Morgan fingerprint density at radius 1 is 1.62 bits per heavy atom. The van der Waals surface area contributed by atoms with Crippen molar-refractivity contribution in [3.8, 4) is 0 Å². The molecule has 1 saturated heterocycles. The highest BCUT2D eigenvalue weighted by molar-refractivity contribution is 5.76. The van der Waals surface area contributed by atoms with E-state index in [0.717, 1.165) is 6.42 Å². The topological polar surface area (TPSA) is 46.5 Å². The first kappa shape index (κ1) is 10.5. The van der Waals surface area contributed by atoms with E-state index >= 15 is 0 Å². The van der Waals surface area contributed by atoms with E-state index < -0.39 is 0 Å². The van der Waals surface area contributed by atoms with E-state index in [1.165, 1.54) is 0 Å². The molecule has 0 amide bonds. The highest BCUT2D eigenvalue weighted by Crippen LogP contribution is 2.35. The van der Waals surface area contributed by atoms with Gasteiger partial charge < -0.3 is 9.84 Å². The van der Waals surface area contributed by atoms with Gasteiger partial charge in [0.05, 0.1) is 5.41 Å². The van der Waals surface area contributed by atoms with Crippen LogP contribution in [0, 0.1) is 11.3 Å². The predicted molar refractivity (Wildman–Crippen MR) is 49.1 cm³/mol. The van der Waals surface area contributed by atoms with Crippen LogP contribution in [0.2, 0.25) is 0 Å². The maximum absolute atomic E-state index is 11.4. The normalized spacial score (nSPS) is 32.8. The van der Waals surface area contributed by atoms with E-state index in [-0.39, 0.29) is 24.1 Å². The van der Waals surface area contributed by atoms with Gasteiger partial charge in [-0.3, -0.25) is 4.79 Å². The van der Waals surface area contributed by atoms with Crippen LogP contribution in [0.4, 0.5) is 0 Å². The highest BCUT2D eigenvalue weighted by Gasteiger charge is 2.40. The Balaban J connectivity index is 2.62. The van der Waals surface area contributed by atoms with Crippen molar-refractivity contribution in [1.82, 2.24) is 0 Å². The lowest BCUT2D eigenvalue weighted by Crippen LogP contribution is -2.42. The summed E-state index contributed by atoms with van der Waals surface area (Å²) in [6.07, 6.45) is 1.31. The van der Waals surface area contributed by atoms with Crippen molar-refractivity contribution < 1.29 is 14.6 Å². The molecule has 0 aromatic heterocycles. The fraction of sp³-hybridized carbons (Fsp3) is 0.900. The molecule has 76 valence electrons. The maximum Gasteiger partial charge on any atom is 0.311 e. The molecule has 3 nitrogen and oxygen atoms in total. The largest absolute Gasteiger partial charge is 0.462 e. The molecule has 1 aliphatic rings. The second-order valence-electron chi connectivity index (χ2n) is 4.52. The van der Waals surface area contributed by atoms with Crippen LogP contribution in [-0.4, -0.2) is 23.8 Å². The Bertz CT molecular complexity index is 198. The number of ether oxygens (including phenoxy) is 1. The maximum atomic E-state index is 11.4. The lowest BCUT2D eigenvalue weighted by molar-refractivity contribution is -0.174. The van der Waals surface area contributed by atoms with Crippen LogP contribution < -0.4 is 0 Å². The van der Waals surface area contributed by atoms with Crippen molar-refractivity contribution in [3.05, 3.63) is 0 Å². The van der Waals surface area contributed by atoms with Gasteiger partial charge in [0.25, 0.3) is 0 Å². The minimum absolute atomic E-state index is 0.0860. The zero-order valence-electron chi connectivity index (χ0n) is 8.54. The minimum Gasteiger partial charge on any atom is -0.462 e. The van der Waals surface area contributed by atoms with Crippen molar-refractivity contribution in [1.29, 1.82) is 0 Å². The Kier molecular flexibility index (Phi) is 2.96. The molecule has 0 aromatic rings. The molecule has 2 unspecified atom stereocenters. The van der Waals surface area contributed by atoms with E-state index in [9.17, 15) is 4.79 Å². The summed E-state index contributed by atoms with van der Waals surface area (Å²) in [5.74, 6) is 0.212. The summed E-state index contributed by atoms with van der Waals surface area (Å²) in [6, 6.07) is 0. The molecule has 1 heterocycles. The van der Waals surface area contributed by atoms with Crippen LogP contribution in [0.5, 0.6) is 0 Å². The third-order valence-corrected chi connectivity index (χ3v) is 2.69. The summed E-state index contributed by atoms with van der Waals surface area (Å²) in [5.41, 5.74) is -0.356. The van der Waals surface area contributed by atoms with Crippen LogP contribution >= 0.6 is 0 Å². The van der Waals surface area contributed by atoms with E-state index in [2.05, 4.69) is 6.92 Å². The van der Waals surface area contributed by atoms with Crippen molar-refractivity contribution >= 4 is 5.97 Å². The van der Waals surface area contributed by atoms with Crippen molar-refractivity contribution in [3.63, 3.8) is 0 Å². The third kappa shape index (κ3) is 2.21. The van der Waals surface area contributed by atoms with Gasteiger partial charge >= 0.3 is 5.97 Å². The Hall–Kier alpha value is -0.570. The first-order valence-corrected chi connectivity index (χ1v) is 4.79. The standard InChI is InChI=1S/C10H18O3/c1-7-6-10(2,3)9(12)13-8(7)4-5-11/h7-8,11H,4-6H2,1-3H3. The van der Waals surface area contributed by atoms with Crippen LogP contribution in [0.1, 0.15) is 33.6 Å². The summed E-state index contributed by atoms with van der Waals surface area (Å²) < 4.78 is 5.26. The smallest absolute Gasteiger partial charge is 0.311 e. The number of hydrogen-bond donors (Lipinski definition) is 1. The first-order chi connectivity index (χ1) is 5.97. The Labute approximate surface area is 79.1 Å². The zero-order valence-corrected chi connectivity index (χ0v) is 8.54. The summed E-state index contributed by atoms with van der Waals surface area (Å²) in [6.45, 7) is 5.96. The van der Waals surface area contributed by atoms with Gasteiger partial charge in [0.1, 0.15) is 6.10 Å². The molecular weight excluding hydrogens is 168 g/mol. The van der Waals surface area contributed by atoms with Crippen molar-refractivity contribution in [2.24, 2.45) is 11.3 Å². The SMILES string of the molecule is CC1CC(C)(C)C(=O)OC1CCO. The molecule has 0 aliphatic carbocycles. The number of aliphatic hydroxyl groups is 1. The zero-order chi connectivity index (χ0) is 10.1. The number of carbonyl (C=O) groups excluding carboxylic acids is 1. The number of esters is 1. The van der Waals surface area contributed by atoms with Crippen molar-refractivity contribution in [2.75, 3.05) is 6.61 Å². The van der Waals surface area contributed by atoms with Gasteiger partial charge in [-0.2, -0.15) is 0 Å². The third-order valence-electron chi connectivity index (χ3n) is 2.69. The molecule has 0 radical (unpaired) electrons. The minimum atomic E-state index is -0.356. The van der Waals surface area contributed by atoms with Gasteiger partial charge in [-0.15, -0.1) is 0 Å². The molecule has 1 N–H and O–H groups in total. The molecule has 13 heavy (non-hydrogen) atoms. The lowest BCUT2D eigenvalue weighted by atomic mass is 9.78. The number of aliphatic hydroxyl groups excluding tert-OH is 1. The van der Waals surface area contributed by atoms with Crippen molar-refractivity contribution in [2.45, 2.75) is 39.7 Å². The second kappa shape index (κ2) is 3.66. The Morgan fingerprint density at radius 2 is 2.23 bits per heavy atom. The fourth-order valence-corrected chi connectivity index (χ4v) is 1.90. The molecular formula is C10H18O3. The number of carbonyl (C=O) groups is 1. The predicted octanol–water partition coefficient (Wildman–Crippen LogP) is 1.35. The summed E-state index contributed by atoms with van der Waals surface area (Å²) in [7, 11) is 0. The molecule has 0 bridgehead atoms. The van der Waals surface area contributed by atoms with Crippen LogP contribution in [0.25, 0.3) is 0 Å². The van der Waals surface area contributed by atoms with E-state index in [1.54, 1.807) is 0 Å². The monoisotopic (exact) mass is 186 g/mol. The summed E-state index contributed by atoms with van der Waals surface area (Å²) in [4.78, 5) is 11.4. The first-order valence-electron chi connectivity index (χ1n) is 4.79. The highest BCUT2D eigenvalue weighted by atomic mass is 16.5. The number of hydrogen-bond acceptors (Lipinski definition) is 3. The van der Waals surface area contributed by atoms with Gasteiger partial charge in [-0.25, -0.2) is 0 Å². The van der Waals surface area contributed by atoms with Crippen LogP contribution in [0.15, 0.2) is 0 Å². The van der Waals surface area contributed by atoms with Gasteiger partial charge in [0, 0.05) is 13.0 Å².